The Balaban J connectivity index is 1.51. The standard InChI is InChI=1S/C23H28N2O5S/c1-2-3-17-30-23(27)19-9-11-20(12-10-19)24-22(26)18-13-15-25(16-14-18)31(28,29)21-7-5-4-6-8-21/h4-12,18H,2-3,13-17H2,1H3,(H,24,26). The van der Waals surface area contributed by atoms with E-state index in [2.05, 4.69) is 5.32 Å². The summed E-state index contributed by atoms with van der Waals surface area (Å²) in [4.78, 5) is 24.8. The molecular weight excluding hydrogens is 416 g/mol. The van der Waals surface area contributed by atoms with Gasteiger partial charge in [0.15, 0.2) is 0 Å². The van der Waals surface area contributed by atoms with Crippen LogP contribution in [0.4, 0.5) is 5.69 Å². The van der Waals surface area contributed by atoms with Gasteiger partial charge in [0.05, 0.1) is 17.1 Å². The molecule has 1 fully saturated rings. The second-order valence-corrected chi connectivity index (χ2v) is 9.49. The fourth-order valence-corrected chi connectivity index (χ4v) is 4.92. The van der Waals surface area contributed by atoms with Gasteiger partial charge in [-0.15, -0.1) is 0 Å². The van der Waals surface area contributed by atoms with Gasteiger partial charge in [-0.2, -0.15) is 4.31 Å². The number of carbonyl (C=O) groups is 2. The van der Waals surface area contributed by atoms with Crippen molar-refractivity contribution in [3.63, 3.8) is 0 Å². The molecule has 0 radical (unpaired) electrons. The first-order valence-electron chi connectivity index (χ1n) is 10.5. The molecule has 7 nitrogen and oxygen atoms in total. The van der Waals surface area contributed by atoms with E-state index in [4.69, 9.17) is 4.74 Å². The first kappa shape index (κ1) is 23.0. The molecule has 8 heteroatoms. The normalized spacial score (nSPS) is 15.4. The summed E-state index contributed by atoms with van der Waals surface area (Å²) in [6.45, 7) is 3.03. The van der Waals surface area contributed by atoms with E-state index < -0.39 is 10.0 Å². The minimum absolute atomic E-state index is 0.143. The minimum atomic E-state index is -3.53. The number of ether oxygens (including phenoxy) is 1. The number of hydrogen-bond acceptors (Lipinski definition) is 5. The number of unbranched alkanes of at least 4 members (excludes halogenated alkanes) is 1. The van der Waals surface area contributed by atoms with Gasteiger partial charge in [-0.3, -0.25) is 4.79 Å². The van der Waals surface area contributed by atoms with Crippen LogP contribution in [0.25, 0.3) is 0 Å². The highest BCUT2D eigenvalue weighted by Gasteiger charge is 2.32. The molecule has 1 N–H and O–H groups in total. The molecule has 1 aliphatic rings. The summed E-state index contributed by atoms with van der Waals surface area (Å²) in [5, 5.41) is 2.86. The Morgan fingerprint density at radius 2 is 1.68 bits per heavy atom. The van der Waals surface area contributed by atoms with Crippen molar-refractivity contribution in [3.8, 4) is 0 Å². The van der Waals surface area contributed by atoms with E-state index >= 15 is 0 Å². The minimum Gasteiger partial charge on any atom is -0.462 e. The number of hydrogen-bond donors (Lipinski definition) is 1. The van der Waals surface area contributed by atoms with Gasteiger partial charge in [0.2, 0.25) is 15.9 Å². The molecule has 1 aliphatic heterocycles. The van der Waals surface area contributed by atoms with Crippen molar-refractivity contribution in [1.82, 2.24) is 4.31 Å². The highest BCUT2D eigenvalue weighted by Crippen LogP contribution is 2.25. The SMILES string of the molecule is CCCCOC(=O)c1ccc(NC(=O)C2CCN(S(=O)(=O)c3ccccc3)CC2)cc1. The average molecular weight is 445 g/mol. The molecule has 166 valence electrons. The van der Waals surface area contributed by atoms with Gasteiger partial charge in [0.1, 0.15) is 0 Å². The lowest BCUT2D eigenvalue weighted by atomic mass is 9.97. The van der Waals surface area contributed by atoms with E-state index in [1.165, 1.54) is 4.31 Å². The predicted octanol–water partition coefficient (Wildman–Crippen LogP) is 3.68. The molecule has 2 aromatic rings. The molecule has 2 aromatic carbocycles. The van der Waals surface area contributed by atoms with Crippen molar-refractivity contribution >= 4 is 27.6 Å². The van der Waals surface area contributed by atoms with Crippen molar-refractivity contribution in [2.24, 2.45) is 5.92 Å². The van der Waals surface area contributed by atoms with Crippen LogP contribution < -0.4 is 5.32 Å². The summed E-state index contributed by atoms with van der Waals surface area (Å²) in [5.41, 5.74) is 1.03. The van der Waals surface area contributed by atoms with Crippen molar-refractivity contribution in [2.75, 3.05) is 25.0 Å². The molecule has 1 heterocycles. The van der Waals surface area contributed by atoms with Gasteiger partial charge in [-0.05, 0) is 55.7 Å². The summed E-state index contributed by atoms with van der Waals surface area (Å²) in [7, 11) is -3.53. The smallest absolute Gasteiger partial charge is 0.338 e. The lowest BCUT2D eigenvalue weighted by molar-refractivity contribution is -0.120. The lowest BCUT2D eigenvalue weighted by Crippen LogP contribution is -2.41. The van der Waals surface area contributed by atoms with E-state index in [1.54, 1.807) is 54.6 Å². The molecule has 31 heavy (non-hydrogen) atoms. The zero-order valence-corrected chi connectivity index (χ0v) is 18.4. The van der Waals surface area contributed by atoms with Gasteiger partial charge in [-0.1, -0.05) is 31.5 Å². The molecule has 0 bridgehead atoms. The quantitative estimate of drug-likeness (QED) is 0.495. The van der Waals surface area contributed by atoms with Crippen LogP contribution in [-0.2, 0) is 19.6 Å². The number of carbonyl (C=O) groups excluding carboxylic acids is 2. The maximum Gasteiger partial charge on any atom is 0.338 e. The first-order valence-corrected chi connectivity index (χ1v) is 12.0. The molecule has 0 aromatic heterocycles. The Hall–Kier alpha value is -2.71. The fourth-order valence-electron chi connectivity index (χ4n) is 3.43. The number of nitrogens with one attached hydrogen (secondary N) is 1. The highest BCUT2D eigenvalue weighted by atomic mass is 32.2. The van der Waals surface area contributed by atoms with Gasteiger partial charge >= 0.3 is 5.97 Å². The second kappa shape index (κ2) is 10.5. The maximum atomic E-state index is 12.7. The fraction of sp³-hybridized carbons (Fsp3) is 0.391. The van der Waals surface area contributed by atoms with E-state index in [1.807, 2.05) is 6.92 Å². The molecule has 0 atom stereocenters. The number of piperidine rings is 1. The Kier molecular flexibility index (Phi) is 7.81. The third-order valence-electron chi connectivity index (χ3n) is 5.32. The van der Waals surface area contributed by atoms with Crippen LogP contribution in [0.3, 0.4) is 0 Å². The van der Waals surface area contributed by atoms with Crippen LogP contribution in [0, 0.1) is 5.92 Å². The molecule has 1 saturated heterocycles. The van der Waals surface area contributed by atoms with E-state index in [-0.39, 0.29) is 22.7 Å². The van der Waals surface area contributed by atoms with Gasteiger partial charge in [0, 0.05) is 24.7 Å². The number of anilines is 1. The van der Waals surface area contributed by atoms with Crippen LogP contribution >= 0.6 is 0 Å². The predicted molar refractivity (Wildman–Crippen MR) is 118 cm³/mol. The molecule has 3 rings (SSSR count). The van der Waals surface area contributed by atoms with E-state index in [0.717, 1.165) is 12.8 Å². The average Bonchev–Trinajstić information content (AvgIpc) is 2.80. The number of benzene rings is 2. The Labute approximate surface area is 183 Å². The van der Waals surface area contributed by atoms with Crippen molar-refractivity contribution < 1.29 is 22.7 Å². The van der Waals surface area contributed by atoms with Crippen molar-refractivity contribution in [3.05, 3.63) is 60.2 Å². The summed E-state index contributed by atoms with van der Waals surface area (Å²) in [5.74, 6) is -0.783. The number of amides is 1. The molecule has 0 spiro atoms. The van der Waals surface area contributed by atoms with Crippen molar-refractivity contribution in [1.29, 1.82) is 0 Å². The third kappa shape index (κ3) is 5.92. The summed E-state index contributed by atoms with van der Waals surface area (Å²) in [6.07, 6.45) is 2.69. The van der Waals surface area contributed by atoms with Crippen LogP contribution in [0.2, 0.25) is 0 Å². The van der Waals surface area contributed by atoms with Gasteiger partial charge in [0.25, 0.3) is 0 Å². The van der Waals surface area contributed by atoms with E-state index in [0.29, 0.717) is 43.8 Å². The number of esters is 1. The summed E-state index contributed by atoms with van der Waals surface area (Å²) in [6, 6.07) is 14.9. The summed E-state index contributed by atoms with van der Waals surface area (Å²) >= 11 is 0. The Bertz CT molecular complexity index is 982. The highest BCUT2D eigenvalue weighted by molar-refractivity contribution is 7.89. The molecule has 1 amide bonds. The van der Waals surface area contributed by atoms with Crippen LogP contribution in [0.15, 0.2) is 59.5 Å². The van der Waals surface area contributed by atoms with Crippen LogP contribution in [-0.4, -0.2) is 44.3 Å². The van der Waals surface area contributed by atoms with Gasteiger partial charge in [-0.25, -0.2) is 13.2 Å². The Morgan fingerprint density at radius 1 is 1.03 bits per heavy atom. The largest absolute Gasteiger partial charge is 0.462 e. The Morgan fingerprint density at radius 3 is 2.29 bits per heavy atom. The van der Waals surface area contributed by atoms with E-state index in [9.17, 15) is 18.0 Å². The van der Waals surface area contributed by atoms with Crippen LogP contribution in [0.1, 0.15) is 43.0 Å². The number of nitrogens with zero attached hydrogens (tertiary/aromatic N) is 1. The first-order chi connectivity index (χ1) is 14.9. The molecule has 0 unspecified atom stereocenters. The van der Waals surface area contributed by atoms with Crippen LogP contribution in [0.5, 0.6) is 0 Å². The topological polar surface area (TPSA) is 92.8 Å². The third-order valence-corrected chi connectivity index (χ3v) is 7.24. The molecular formula is C23H28N2O5S. The zero-order chi connectivity index (χ0) is 22.3. The van der Waals surface area contributed by atoms with Crippen molar-refractivity contribution in [2.45, 2.75) is 37.5 Å². The number of sulfonamides is 1. The monoisotopic (exact) mass is 444 g/mol. The molecule has 0 aliphatic carbocycles. The zero-order valence-electron chi connectivity index (χ0n) is 17.6. The van der Waals surface area contributed by atoms with Gasteiger partial charge < -0.3 is 10.1 Å². The maximum absolute atomic E-state index is 12.7. The number of rotatable bonds is 8. The second-order valence-electron chi connectivity index (χ2n) is 7.55. The molecule has 0 saturated carbocycles. The summed E-state index contributed by atoms with van der Waals surface area (Å²) < 4.78 is 32.0. The lowest BCUT2D eigenvalue weighted by Gasteiger charge is -2.30.